The number of likely N-dealkylation sites (tertiary alicyclic amines) is 1. The van der Waals surface area contributed by atoms with E-state index < -0.39 is 0 Å². The first-order valence-corrected chi connectivity index (χ1v) is 8.40. The second kappa shape index (κ2) is 6.47. The van der Waals surface area contributed by atoms with Gasteiger partial charge in [-0.25, -0.2) is 0 Å². The van der Waals surface area contributed by atoms with Crippen molar-refractivity contribution in [2.24, 2.45) is 5.73 Å². The van der Waals surface area contributed by atoms with Gasteiger partial charge >= 0.3 is 0 Å². The lowest BCUT2D eigenvalue weighted by Crippen LogP contribution is -2.45. The number of nitrogens with two attached hydrogens (primary N) is 1. The van der Waals surface area contributed by atoms with Crippen molar-refractivity contribution >= 4 is 0 Å². The number of hydrogen-bond donors (Lipinski definition) is 1. The summed E-state index contributed by atoms with van der Waals surface area (Å²) in [7, 11) is 4.40. The minimum absolute atomic E-state index is 0.407. The molecule has 1 atom stereocenters. The standard InChI is InChI=1S/C18H29N3/c1-20(2)15-9-11-21(12-10-15)18(13-19)17-6-4-3-5-16(17)14-7-8-14/h3-6,14-15,18H,7-13,19H2,1-2H3. The first kappa shape index (κ1) is 15.0. The molecule has 1 aromatic rings. The van der Waals surface area contributed by atoms with E-state index in [9.17, 15) is 0 Å². The molecule has 1 unspecified atom stereocenters. The Morgan fingerprint density at radius 2 is 1.81 bits per heavy atom. The van der Waals surface area contributed by atoms with Crippen LogP contribution in [0.4, 0.5) is 0 Å². The SMILES string of the molecule is CN(C)C1CCN(C(CN)c2ccccc2C2CC2)CC1. The van der Waals surface area contributed by atoms with Crippen LogP contribution in [0.15, 0.2) is 24.3 Å². The third kappa shape index (κ3) is 3.31. The zero-order valence-corrected chi connectivity index (χ0v) is 13.5. The van der Waals surface area contributed by atoms with Crippen LogP contribution < -0.4 is 5.73 Å². The molecule has 1 aliphatic carbocycles. The molecule has 0 bridgehead atoms. The molecule has 2 fully saturated rings. The molecule has 1 saturated carbocycles. The first-order chi connectivity index (χ1) is 10.2. The van der Waals surface area contributed by atoms with E-state index in [4.69, 9.17) is 5.73 Å². The van der Waals surface area contributed by atoms with E-state index in [2.05, 4.69) is 48.2 Å². The Morgan fingerprint density at radius 3 is 2.38 bits per heavy atom. The number of rotatable bonds is 5. The van der Waals surface area contributed by atoms with Gasteiger partial charge < -0.3 is 10.6 Å². The fourth-order valence-electron chi connectivity index (χ4n) is 3.77. The van der Waals surface area contributed by atoms with Crippen LogP contribution in [-0.4, -0.2) is 49.6 Å². The molecule has 2 N–H and O–H groups in total. The van der Waals surface area contributed by atoms with Crippen LogP contribution in [0.25, 0.3) is 0 Å². The molecule has 1 aromatic carbocycles. The van der Waals surface area contributed by atoms with Crippen LogP contribution in [0.1, 0.15) is 48.8 Å². The summed E-state index contributed by atoms with van der Waals surface area (Å²) in [6.07, 6.45) is 5.23. The van der Waals surface area contributed by atoms with Crippen molar-refractivity contribution in [3.8, 4) is 0 Å². The fourth-order valence-corrected chi connectivity index (χ4v) is 3.77. The van der Waals surface area contributed by atoms with Gasteiger partial charge in [0.1, 0.15) is 0 Å². The Hall–Kier alpha value is -0.900. The van der Waals surface area contributed by atoms with Gasteiger partial charge in [0.25, 0.3) is 0 Å². The summed E-state index contributed by atoms with van der Waals surface area (Å²) >= 11 is 0. The normalized spacial score (nSPS) is 22.7. The summed E-state index contributed by atoms with van der Waals surface area (Å²) in [5.74, 6) is 0.801. The van der Waals surface area contributed by atoms with Crippen molar-refractivity contribution in [1.82, 2.24) is 9.80 Å². The lowest BCUT2D eigenvalue weighted by atomic mass is 9.93. The zero-order chi connectivity index (χ0) is 14.8. The van der Waals surface area contributed by atoms with Gasteiger partial charge in [-0.15, -0.1) is 0 Å². The third-order valence-electron chi connectivity index (χ3n) is 5.27. The molecule has 0 radical (unpaired) electrons. The van der Waals surface area contributed by atoms with E-state index in [-0.39, 0.29) is 0 Å². The minimum Gasteiger partial charge on any atom is -0.329 e. The highest BCUT2D eigenvalue weighted by Gasteiger charge is 2.31. The zero-order valence-electron chi connectivity index (χ0n) is 13.5. The molecule has 116 valence electrons. The van der Waals surface area contributed by atoms with Crippen molar-refractivity contribution in [1.29, 1.82) is 0 Å². The molecule has 0 amide bonds. The van der Waals surface area contributed by atoms with Crippen LogP contribution in [0.3, 0.4) is 0 Å². The second-order valence-electron chi connectivity index (χ2n) is 6.89. The first-order valence-electron chi connectivity index (χ1n) is 8.40. The van der Waals surface area contributed by atoms with E-state index in [0.717, 1.165) is 18.5 Å². The molecule has 1 aliphatic heterocycles. The van der Waals surface area contributed by atoms with Crippen molar-refractivity contribution < 1.29 is 0 Å². The maximum atomic E-state index is 6.17. The fraction of sp³-hybridized carbons (Fsp3) is 0.667. The van der Waals surface area contributed by atoms with Crippen LogP contribution in [0, 0.1) is 0 Å². The predicted molar refractivity (Wildman–Crippen MR) is 88.5 cm³/mol. The van der Waals surface area contributed by atoms with Crippen molar-refractivity contribution in [2.45, 2.75) is 43.7 Å². The van der Waals surface area contributed by atoms with Crippen LogP contribution >= 0.6 is 0 Å². The summed E-state index contributed by atoms with van der Waals surface area (Å²) in [6.45, 7) is 3.07. The number of benzene rings is 1. The van der Waals surface area contributed by atoms with Gasteiger partial charge in [0.15, 0.2) is 0 Å². The van der Waals surface area contributed by atoms with Crippen LogP contribution in [-0.2, 0) is 0 Å². The average molecular weight is 287 g/mol. The van der Waals surface area contributed by atoms with E-state index in [0.29, 0.717) is 6.04 Å². The summed E-state index contributed by atoms with van der Waals surface area (Å²) in [5.41, 5.74) is 9.22. The summed E-state index contributed by atoms with van der Waals surface area (Å²) < 4.78 is 0. The van der Waals surface area contributed by atoms with Crippen LogP contribution in [0.2, 0.25) is 0 Å². The maximum absolute atomic E-state index is 6.17. The van der Waals surface area contributed by atoms with E-state index in [1.807, 2.05) is 0 Å². The molecule has 21 heavy (non-hydrogen) atoms. The molecule has 1 saturated heterocycles. The molecular formula is C18H29N3. The number of hydrogen-bond acceptors (Lipinski definition) is 3. The lowest BCUT2D eigenvalue weighted by Gasteiger charge is -2.40. The Kier molecular flexibility index (Phi) is 4.63. The van der Waals surface area contributed by atoms with Gasteiger partial charge in [0.05, 0.1) is 0 Å². The topological polar surface area (TPSA) is 32.5 Å². The monoisotopic (exact) mass is 287 g/mol. The lowest BCUT2D eigenvalue weighted by molar-refractivity contribution is 0.110. The average Bonchev–Trinajstić information content (AvgIpc) is 3.34. The molecule has 0 spiro atoms. The second-order valence-corrected chi connectivity index (χ2v) is 6.89. The molecular weight excluding hydrogens is 258 g/mol. The van der Waals surface area contributed by atoms with E-state index in [1.165, 1.54) is 44.3 Å². The van der Waals surface area contributed by atoms with Crippen molar-refractivity contribution in [3.05, 3.63) is 35.4 Å². The molecule has 3 nitrogen and oxygen atoms in total. The van der Waals surface area contributed by atoms with Gasteiger partial charge in [-0.3, -0.25) is 4.90 Å². The maximum Gasteiger partial charge on any atom is 0.0473 e. The van der Waals surface area contributed by atoms with E-state index in [1.54, 1.807) is 5.56 Å². The summed E-state index contributed by atoms with van der Waals surface area (Å²) in [5, 5.41) is 0. The van der Waals surface area contributed by atoms with Crippen LogP contribution in [0.5, 0.6) is 0 Å². The highest BCUT2D eigenvalue weighted by Crippen LogP contribution is 2.43. The van der Waals surface area contributed by atoms with Gasteiger partial charge in [0, 0.05) is 31.7 Å². The number of piperidine rings is 1. The minimum atomic E-state index is 0.407. The molecule has 1 heterocycles. The van der Waals surface area contributed by atoms with Gasteiger partial charge in [0.2, 0.25) is 0 Å². The smallest absolute Gasteiger partial charge is 0.0473 e. The summed E-state index contributed by atoms with van der Waals surface area (Å²) in [6, 6.07) is 10.1. The van der Waals surface area contributed by atoms with Crippen molar-refractivity contribution in [2.75, 3.05) is 33.7 Å². The molecule has 3 heteroatoms. The summed E-state index contributed by atoms with van der Waals surface area (Å²) in [4.78, 5) is 4.98. The van der Waals surface area contributed by atoms with Gasteiger partial charge in [-0.1, -0.05) is 24.3 Å². The van der Waals surface area contributed by atoms with Crippen molar-refractivity contribution in [3.63, 3.8) is 0 Å². The largest absolute Gasteiger partial charge is 0.329 e. The third-order valence-corrected chi connectivity index (χ3v) is 5.27. The predicted octanol–water partition coefficient (Wildman–Crippen LogP) is 2.59. The molecule has 2 aliphatic rings. The number of nitrogens with zero attached hydrogens (tertiary/aromatic N) is 2. The van der Waals surface area contributed by atoms with Gasteiger partial charge in [-0.2, -0.15) is 0 Å². The Morgan fingerprint density at radius 1 is 1.14 bits per heavy atom. The highest BCUT2D eigenvalue weighted by molar-refractivity contribution is 5.36. The van der Waals surface area contributed by atoms with E-state index >= 15 is 0 Å². The highest BCUT2D eigenvalue weighted by atomic mass is 15.2. The van der Waals surface area contributed by atoms with Gasteiger partial charge in [-0.05, 0) is 56.8 Å². The molecule has 3 rings (SSSR count). The Labute approximate surface area is 129 Å². The Bertz CT molecular complexity index is 459. The Balaban J connectivity index is 1.74. The molecule has 0 aromatic heterocycles. The quantitative estimate of drug-likeness (QED) is 0.903.